The zero-order valence-corrected chi connectivity index (χ0v) is 11.3. The quantitative estimate of drug-likeness (QED) is 0.663. The molecular formula is C11H16N6O2. The fraction of sp³-hybridized carbons (Fsp3) is 0.455. The van der Waals surface area contributed by atoms with Crippen molar-refractivity contribution in [1.82, 2.24) is 19.6 Å². The normalized spacial score (nSPS) is 10.7. The number of aryl methyl sites for hydroxylation is 4. The molecule has 102 valence electrons. The molecule has 0 saturated heterocycles. The first-order valence-electron chi connectivity index (χ1n) is 5.81. The van der Waals surface area contributed by atoms with Gasteiger partial charge in [0.15, 0.2) is 0 Å². The molecule has 2 aromatic heterocycles. The highest BCUT2D eigenvalue weighted by molar-refractivity contribution is 5.59. The van der Waals surface area contributed by atoms with Crippen LogP contribution in [0.2, 0.25) is 0 Å². The molecule has 2 rings (SSSR count). The fourth-order valence-corrected chi connectivity index (χ4v) is 2.06. The van der Waals surface area contributed by atoms with Crippen LogP contribution in [0.5, 0.6) is 0 Å². The van der Waals surface area contributed by atoms with E-state index in [9.17, 15) is 10.1 Å². The summed E-state index contributed by atoms with van der Waals surface area (Å²) in [5.74, 6) is 0.408. The molecule has 0 unspecified atom stereocenters. The van der Waals surface area contributed by atoms with E-state index in [0.717, 1.165) is 11.3 Å². The van der Waals surface area contributed by atoms with Gasteiger partial charge in [-0.15, -0.1) is 0 Å². The molecule has 1 N–H and O–H groups in total. The molecule has 19 heavy (non-hydrogen) atoms. The summed E-state index contributed by atoms with van der Waals surface area (Å²) >= 11 is 0. The van der Waals surface area contributed by atoms with Crippen LogP contribution < -0.4 is 5.32 Å². The standard InChI is InChI=1S/C11H16N6O2/c1-7-9(6-15(3)13-7)5-12-11-10(17(18)19)8(2)14-16(11)4/h6,12H,5H2,1-4H3. The molecule has 0 aliphatic carbocycles. The average Bonchev–Trinajstić information content (AvgIpc) is 2.75. The first-order chi connectivity index (χ1) is 8.90. The third kappa shape index (κ3) is 2.42. The second-order valence-electron chi connectivity index (χ2n) is 4.43. The van der Waals surface area contributed by atoms with Crippen LogP contribution in [0, 0.1) is 24.0 Å². The molecule has 0 aliphatic rings. The van der Waals surface area contributed by atoms with Gasteiger partial charge in [0.05, 0.1) is 10.6 Å². The Bertz CT molecular complexity index is 627. The largest absolute Gasteiger partial charge is 0.360 e. The van der Waals surface area contributed by atoms with E-state index in [1.807, 2.05) is 20.2 Å². The monoisotopic (exact) mass is 264 g/mol. The average molecular weight is 264 g/mol. The number of nitrogens with one attached hydrogen (secondary N) is 1. The molecule has 0 amide bonds. The van der Waals surface area contributed by atoms with Gasteiger partial charge in [-0.05, 0) is 13.8 Å². The molecule has 0 fully saturated rings. The van der Waals surface area contributed by atoms with Gasteiger partial charge in [-0.2, -0.15) is 10.2 Å². The van der Waals surface area contributed by atoms with Crippen molar-refractivity contribution >= 4 is 11.5 Å². The number of nitrogens with zero attached hydrogens (tertiary/aromatic N) is 5. The predicted molar refractivity (Wildman–Crippen MR) is 69.9 cm³/mol. The summed E-state index contributed by atoms with van der Waals surface area (Å²) in [5, 5.41) is 22.4. The maximum Gasteiger partial charge on any atom is 0.333 e. The topological polar surface area (TPSA) is 90.8 Å². The van der Waals surface area contributed by atoms with Gasteiger partial charge in [0.2, 0.25) is 5.82 Å². The van der Waals surface area contributed by atoms with Crippen LogP contribution in [0.25, 0.3) is 0 Å². The van der Waals surface area contributed by atoms with Gasteiger partial charge in [0.1, 0.15) is 5.69 Å². The van der Waals surface area contributed by atoms with Gasteiger partial charge in [-0.3, -0.25) is 14.8 Å². The van der Waals surface area contributed by atoms with E-state index >= 15 is 0 Å². The Labute approximate surface area is 110 Å². The van der Waals surface area contributed by atoms with Gasteiger partial charge in [0, 0.05) is 32.4 Å². The fourth-order valence-electron chi connectivity index (χ4n) is 2.06. The molecule has 0 saturated carbocycles. The molecule has 0 aromatic carbocycles. The van der Waals surface area contributed by atoms with Gasteiger partial charge in [-0.25, -0.2) is 4.68 Å². The number of hydrogen-bond acceptors (Lipinski definition) is 5. The molecule has 0 aliphatic heterocycles. The molecule has 8 nitrogen and oxygen atoms in total. The minimum atomic E-state index is -0.416. The minimum absolute atomic E-state index is 0.0176. The maximum atomic E-state index is 11.0. The molecule has 2 heterocycles. The van der Waals surface area contributed by atoms with E-state index in [1.165, 1.54) is 4.68 Å². The van der Waals surface area contributed by atoms with Crippen molar-refractivity contribution in [3.63, 3.8) is 0 Å². The van der Waals surface area contributed by atoms with Gasteiger partial charge in [0.25, 0.3) is 0 Å². The van der Waals surface area contributed by atoms with Crippen LogP contribution in [0.15, 0.2) is 6.20 Å². The number of rotatable bonds is 4. The highest BCUT2D eigenvalue weighted by Gasteiger charge is 2.23. The highest BCUT2D eigenvalue weighted by atomic mass is 16.6. The lowest BCUT2D eigenvalue weighted by atomic mass is 10.2. The highest BCUT2D eigenvalue weighted by Crippen LogP contribution is 2.27. The van der Waals surface area contributed by atoms with Crippen LogP contribution in [0.3, 0.4) is 0 Å². The Hall–Kier alpha value is -2.38. The molecule has 2 aromatic rings. The maximum absolute atomic E-state index is 11.0. The Kier molecular flexibility index (Phi) is 3.24. The van der Waals surface area contributed by atoms with E-state index < -0.39 is 4.92 Å². The van der Waals surface area contributed by atoms with Gasteiger partial charge in [-0.1, -0.05) is 0 Å². The number of hydrogen-bond donors (Lipinski definition) is 1. The lowest BCUT2D eigenvalue weighted by Crippen LogP contribution is -2.06. The van der Waals surface area contributed by atoms with Crippen LogP contribution in [-0.2, 0) is 20.6 Å². The lowest BCUT2D eigenvalue weighted by Gasteiger charge is -2.05. The first-order valence-corrected chi connectivity index (χ1v) is 5.81. The number of nitro groups is 1. The third-order valence-corrected chi connectivity index (χ3v) is 2.93. The third-order valence-electron chi connectivity index (χ3n) is 2.93. The molecule has 0 radical (unpaired) electrons. The van der Waals surface area contributed by atoms with E-state index in [4.69, 9.17) is 0 Å². The van der Waals surface area contributed by atoms with Crippen molar-refractivity contribution in [2.45, 2.75) is 20.4 Å². The number of anilines is 1. The second-order valence-corrected chi connectivity index (χ2v) is 4.43. The molecular weight excluding hydrogens is 248 g/mol. The molecule has 0 bridgehead atoms. The number of aromatic nitrogens is 4. The molecule has 8 heteroatoms. The summed E-state index contributed by atoms with van der Waals surface area (Å²) < 4.78 is 3.20. The van der Waals surface area contributed by atoms with Crippen molar-refractivity contribution in [2.75, 3.05) is 5.32 Å². The van der Waals surface area contributed by atoms with E-state index in [1.54, 1.807) is 18.7 Å². The van der Waals surface area contributed by atoms with E-state index in [0.29, 0.717) is 18.1 Å². The SMILES string of the molecule is Cc1nn(C)cc1CNc1c([N+](=O)[O-])c(C)nn1C. The van der Waals surface area contributed by atoms with Crippen LogP contribution in [-0.4, -0.2) is 24.5 Å². The Morgan fingerprint density at radius 2 is 2.00 bits per heavy atom. The Balaban J connectivity index is 2.25. The lowest BCUT2D eigenvalue weighted by molar-refractivity contribution is -0.384. The summed E-state index contributed by atoms with van der Waals surface area (Å²) in [6.45, 7) is 4.00. The summed E-state index contributed by atoms with van der Waals surface area (Å²) in [6, 6.07) is 0. The van der Waals surface area contributed by atoms with Crippen molar-refractivity contribution in [3.05, 3.63) is 33.3 Å². The first kappa shape index (κ1) is 13.1. The summed E-state index contributed by atoms with van der Waals surface area (Å²) in [4.78, 5) is 10.6. The van der Waals surface area contributed by atoms with Crippen LogP contribution >= 0.6 is 0 Å². The van der Waals surface area contributed by atoms with Crippen molar-refractivity contribution in [2.24, 2.45) is 14.1 Å². The molecule has 0 spiro atoms. The van der Waals surface area contributed by atoms with Crippen molar-refractivity contribution < 1.29 is 4.92 Å². The van der Waals surface area contributed by atoms with Gasteiger partial charge >= 0.3 is 5.69 Å². The van der Waals surface area contributed by atoms with E-state index in [2.05, 4.69) is 15.5 Å². The van der Waals surface area contributed by atoms with Crippen LogP contribution in [0.4, 0.5) is 11.5 Å². The van der Waals surface area contributed by atoms with Crippen molar-refractivity contribution in [3.8, 4) is 0 Å². The zero-order chi connectivity index (χ0) is 14.2. The summed E-state index contributed by atoms with van der Waals surface area (Å²) in [5.41, 5.74) is 2.31. The van der Waals surface area contributed by atoms with Gasteiger partial charge < -0.3 is 5.32 Å². The van der Waals surface area contributed by atoms with Crippen molar-refractivity contribution in [1.29, 1.82) is 0 Å². The minimum Gasteiger partial charge on any atom is -0.360 e. The molecule has 0 atom stereocenters. The van der Waals surface area contributed by atoms with E-state index in [-0.39, 0.29) is 5.69 Å². The smallest absolute Gasteiger partial charge is 0.333 e. The predicted octanol–water partition coefficient (Wildman–Crippen LogP) is 1.29. The Morgan fingerprint density at radius 3 is 2.53 bits per heavy atom. The summed E-state index contributed by atoms with van der Waals surface area (Å²) in [6.07, 6.45) is 1.89. The Morgan fingerprint density at radius 1 is 1.32 bits per heavy atom. The summed E-state index contributed by atoms with van der Waals surface area (Å²) in [7, 11) is 3.52. The second kappa shape index (κ2) is 4.71. The zero-order valence-electron chi connectivity index (χ0n) is 11.3. The van der Waals surface area contributed by atoms with Crippen LogP contribution in [0.1, 0.15) is 17.0 Å².